The van der Waals surface area contributed by atoms with Crippen LogP contribution in [0.5, 0.6) is 5.75 Å². The molecule has 1 fully saturated rings. The molecule has 1 aromatic heterocycles. The second kappa shape index (κ2) is 6.08. The van der Waals surface area contributed by atoms with Crippen LogP contribution in [0.25, 0.3) is 0 Å². The second-order valence-electron chi connectivity index (χ2n) is 4.98. The summed E-state index contributed by atoms with van der Waals surface area (Å²) in [6.07, 6.45) is 2.51. The number of halogens is 1. The molecule has 1 saturated carbocycles. The summed E-state index contributed by atoms with van der Waals surface area (Å²) in [6.45, 7) is 1.68. The molecule has 0 amide bonds. The van der Waals surface area contributed by atoms with Crippen LogP contribution in [0.15, 0.2) is 24.3 Å². The lowest BCUT2D eigenvalue weighted by molar-refractivity contribution is 0.242. The van der Waals surface area contributed by atoms with Crippen LogP contribution >= 0.6 is 23.1 Å². The van der Waals surface area contributed by atoms with Gasteiger partial charge in [-0.25, -0.2) is 0 Å². The molecule has 3 rings (SSSR count). The van der Waals surface area contributed by atoms with Gasteiger partial charge in [-0.3, -0.25) is 4.90 Å². The number of hydrogen-bond donors (Lipinski definition) is 0. The van der Waals surface area contributed by atoms with Gasteiger partial charge in [-0.1, -0.05) is 28.2 Å². The molecule has 0 spiro atoms. The fourth-order valence-electron chi connectivity index (χ4n) is 2.20. The average Bonchev–Trinajstić information content (AvgIpc) is 3.24. The maximum absolute atomic E-state index is 6.10. The lowest BCUT2D eigenvalue weighted by Gasteiger charge is -2.21. The number of methoxy groups -OCH3 is 1. The van der Waals surface area contributed by atoms with E-state index in [1.54, 1.807) is 7.11 Å². The van der Waals surface area contributed by atoms with Gasteiger partial charge in [0, 0.05) is 30.7 Å². The molecule has 1 heterocycles. The van der Waals surface area contributed by atoms with Crippen molar-refractivity contribution in [2.75, 3.05) is 7.11 Å². The van der Waals surface area contributed by atoms with Gasteiger partial charge in [0.25, 0.3) is 0 Å². The van der Waals surface area contributed by atoms with E-state index in [0.29, 0.717) is 10.4 Å². The molecule has 0 bridgehead atoms. The second-order valence-corrected chi connectivity index (χ2v) is 6.33. The van der Waals surface area contributed by atoms with Crippen molar-refractivity contribution in [3.63, 3.8) is 0 Å². The normalized spacial score (nSPS) is 14.8. The monoisotopic (exact) mass is 309 g/mol. The molecule has 1 aliphatic rings. The van der Waals surface area contributed by atoms with Gasteiger partial charge in [-0.15, -0.1) is 5.10 Å². The van der Waals surface area contributed by atoms with Crippen molar-refractivity contribution in [2.45, 2.75) is 32.0 Å². The molecular weight excluding hydrogens is 294 g/mol. The topological polar surface area (TPSA) is 38.2 Å². The molecule has 0 saturated heterocycles. The van der Waals surface area contributed by atoms with Crippen molar-refractivity contribution in [1.82, 2.24) is 14.5 Å². The van der Waals surface area contributed by atoms with Crippen LogP contribution in [-0.2, 0) is 13.1 Å². The van der Waals surface area contributed by atoms with Gasteiger partial charge in [0.15, 0.2) is 0 Å². The van der Waals surface area contributed by atoms with E-state index in [-0.39, 0.29) is 0 Å². The zero-order valence-corrected chi connectivity index (χ0v) is 12.8. The first kappa shape index (κ1) is 13.8. The largest absolute Gasteiger partial charge is 0.497 e. The third kappa shape index (κ3) is 3.29. The standard InChI is InChI=1S/C14H16ClN3OS/c1-19-12-6-2-10(3-7-12)8-18(11-4-5-11)9-13-14(15)20-17-16-13/h2-3,6-7,11H,4-5,8-9H2,1H3. The van der Waals surface area contributed by atoms with E-state index >= 15 is 0 Å². The summed E-state index contributed by atoms with van der Waals surface area (Å²) in [5.41, 5.74) is 2.16. The molecule has 1 aliphatic carbocycles. The molecule has 0 aliphatic heterocycles. The van der Waals surface area contributed by atoms with Crippen molar-refractivity contribution >= 4 is 23.1 Å². The minimum Gasteiger partial charge on any atom is -0.497 e. The lowest BCUT2D eigenvalue weighted by Crippen LogP contribution is -2.25. The first-order valence-electron chi connectivity index (χ1n) is 6.60. The summed E-state index contributed by atoms with van der Waals surface area (Å²) in [6, 6.07) is 8.86. The van der Waals surface area contributed by atoms with Crippen molar-refractivity contribution in [3.05, 3.63) is 39.9 Å². The highest BCUT2D eigenvalue weighted by molar-refractivity contribution is 7.10. The smallest absolute Gasteiger partial charge is 0.138 e. The fraction of sp³-hybridized carbons (Fsp3) is 0.429. The number of ether oxygens (including phenoxy) is 1. The highest BCUT2D eigenvalue weighted by Gasteiger charge is 2.30. The Morgan fingerprint density at radius 2 is 2.05 bits per heavy atom. The Balaban J connectivity index is 1.69. The number of benzene rings is 1. The van der Waals surface area contributed by atoms with Crippen LogP contribution < -0.4 is 4.74 Å². The Labute approximate surface area is 127 Å². The SMILES string of the molecule is COc1ccc(CN(Cc2nnsc2Cl)C2CC2)cc1. The summed E-state index contributed by atoms with van der Waals surface area (Å²) < 4.78 is 9.79. The lowest BCUT2D eigenvalue weighted by atomic mass is 10.2. The average molecular weight is 310 g/mol. The molecule has 106 valence electrons. The Morgan fingerprint density at radius 1 is 1.30 bits per heavy atom. The minimum absolute atomic E-state index is 0.648. The van der Waals surface area contributed by atoms with Gasteiger partial charge in [-0.05, 0) is 30.5 Å². The summed E-state index contributed by atoms with van der Waals surface area (Å²) in [5, 5.41) is 4.11. The van der Waals surface area contributed by atoms with E-state index < -0.39 is 0 Å². The van der Waals surface area contributed by atoms with E-state index in [0.717, 1.165) is 24.5 Å². The number of rotatable bonds is 6. The van der Waals surface area contributed by atoms with Crippen LogP contribution in [0.2, 0.25) is 4.34 Å². The number of aromatic nitrogens is 2. The van der Waals surface area contributed by atoms with Gasteiger partial charge in [0.05, 0.1) is 7.11 Å². The molecular formula is C14H16ClN3OS. The maximum Gasteiger partial charge on any atom is 0.138 e. The van der Waals surface area contributed by atoms with Gasteiger partial charge >= 0.3 is 0 Å². The van der Waals surface area contributed by atoms with Gasteiger partial charge in [0.1, 0.15) is 15.8 Å². The molecule has 0 radical (unpaired) electrons. The van der Waals surface area contributed by atoms with Gasteiger partial charge in [-0.2, -0.15) is 0 Å². The third-order valence-electron chi connectivity index (χ3n) is 3.47. The van der Waals surface area contributed by atoms with Crippen molar-refractivity contribution < 1.29 is 4.74 Å². The zero-order chi connectivity index (χ0) is 13.9. The molecule has 0 N–H and O–H groups in total. The molecule has 0 unspecified atom stereocenters. The quantitative estimate of drug-likeness (QED) is 0.820. The molecule has 6 heteroatoms. The Kier molecular flexibility index (Phi) is 4.19. The molecule has 20 heavy (non-hydrogen) atoms. The molecule has 2 aromatic rings. The van der Waals surface area contributed by atoms with Gasteiger partial charge < -0.3 is 4.74 Å². The van der Waals surface area contributed by atoms with E-state index in [1.165, 1.54) is 29.9 Å². The summed E-state index contributed by atoms with van der Waals surface area (Å²) in [7, 11) is 1.68. The minimum atomic E-state index is 0.648. The predicted octanol–water partition coefficient (Wildman–Crippen LogP) is 3.36. The number of hydrogen-bond acceptors (Lipinski definition) is 5. The Bertz CT molecular complexity index is 568. The Hall–Kier alpha value is -1.17. The summed E-state index contributed by atoms with van der Waals surface area (Å²) in [4.78, 5) is 2.42. The first-order valence-corrected chi connectivity index (χ1v) is 7.75. The summed E-state index contributed by atoms with van der Waals surface area (Å²) >= 11 is 7.35. The van der Waals surface area contributed by atoms with Crippen LogP contribution in [0, 0.1) is 0 Å². The predicted molar refractivity (Wildman–Crippen MR) is 80.2 cm³/mol. The molecule has 4 nitrogen and oxygen atoms in total. The molecule has 1 aromatic carbocycles. The van der Waals surface area contributed by atoms with Crippen molar-refractivity contribution in [3.8, 4) is 5.75 Å². The van der Waals surface area contributed by atoms with Crippen LogP contribution in [0.1, 0.15) is 24.1 Å². The Morgan fingerprint density at radius 3 is 2.60 bits per heavy atom. The third-order valence-corrected chi connectivity index (χ3v) is 4.45. The highest BCUT2D eigenvalue weighted by atomic mass is 35.5. The van der Waals surface area contributed by atoms with Crippen molar-refractivity contribution in [1.29, 1.82) is 0 Å². The van der Waals surface area contributed by atoms with Crippen LogP contribution in [0.4, 0.5) is 0 Å². The first-order chi connectivity index (χ1) is 9.76. The number of nitrogens with zero attached hydrogens (tertiary/aromatic N) is 3. The zero-order valence-electron chi connectivity index (χ0n) is 11.3. The van der Waals surface area contributed by atoms with E-state index in [9.17, 15) is 0 Å². The van der Waals surface area contributed by atoms with E-state index in [4.69, 9.17) is 16.3 Å². The van der Waals surface area contributed by atoms with Crippen molar-refractivity contribution in [2.24, 2.45) is 0 Å². The van der Waals surface area contributed by atoms with E-state index in [2.05, 4.69) is 26.6 Å². The molecule has 0 atom stereocenters. The van der Waals surface area contributed by atoms with Gasteiger partial charge in [0.2, 0.25) is 0 Å². The summed E-state index contributed by atoms with van der Waals surface area (Å²) in [5.74, 6) is 0.887. The van der Waals surface area contributed by atoms with E-state index in [1.807, 2.05) is 12.1 Å². The van der Waals surface area contributed by atoms with Crippen LogP contribution in [-0.4, -0.2) is 27.6 Å². The maximum atomic E-state index is 6.10. The fourth-order valence-corrected chi connectivity index (χ4v) is 2.81. The highest BCUT2D eigenvalue weighted by Crippen LogP contribution is 2.31. The van der Waals surface area contributed by atoms with Crippen LogP contribution in [0.3, 0.4) is 0 Å².